The second-order valence-electron chi connectivity index (χ2n) is 6.78. The number of nitrogens with one attached hydrogen (secondary N) is 1. The molecule has 2 aromatic rings. The molecule has 8 nitrogen and oxygen atoms in total. The van der Waals surface area contributed by atoms with Crippen molar-refractivity contribution < 1.29 is 45.9 Å². The first-order valence-electron chi connectivity index (χ1n) is 9.24. The number of carbonyl (C=O) groups excluding carboxylic acids is 2. The number of nitrogens with zero attached hydrogens (tertiary/aromatic N) is 1. The highest BCUT2D eigenvalue weighted by atomic mass is 127. The quantitative estimate of drug-likeness (QED) is 0.151. The highest BCUT2D eigenvalue weighted by Crippen LogP contribution is 2.37. The maximum atomic E-state index is 13.2. The minimum atomic E-state index is -5.94. The summed E-state index contributed by atoms with van der Waals surface area (Å²) < 4.78 is 73.4. The zero-order valence-corrected chi connectivity index (χ0v) is 19.4. The fourth-order valence-electron chi connectivity index (χ4n) is 2.63. The summed E-state index contributed by atoms with van der Waals surface area (Å²) in [5.74, 6) is -8.05. The van der Waals surface area contributed by atoms with Crippen LogP contribution in [-0.4, -0.2) is 48.7 Å². The largest absolute Gasteiger partial charge is 0.480 e. The van der Waals surface area contributed by atoms with Crippen LogP contribution in [-0.2, 0) is 16.0 Å². The first-order valence-corrected chi connectivity index (χ1v) is 10.3. The van der Waals surface area contributed by atoms with Crippen LogP contribution in [0, 0.1) is 13.7 Å². The van der Waals surface area contributed by atoms with Gasteiger partial charge in [0.05, 0.1) is 12.0 Å². The molecule has 0 aliphatic carbocycles. The number of halogens is 6. The molecule has 1 amide bonds. The van der Waals surface area contributed by atoms with Crippen molar-refractivity contribution in [2.45, 2.75) is 24.6 Å². The van der Waals surface area contributed by atoms with Gasteiger partial charge in [-0.2, -0.15) is 22.0 Å². The Hall–Kier alpha value is -3.04. The maximum absolute atomic E-state index is 13.2. The van der Waals surface area contributed by atoms with Gasteiger partial charge in [0.2, 0.25) is 0 Å². The van der Waals surface area contributed by atoms with Crippen molar-refractivity contribution in [2.75, 3.05) is 13.7 Å². The molecule has 0 saturated carbocycles. The molecule has 2 aromatic carbocycles. The summed E-state index contributed by atoms with van der Waals surface area (Å²) in [6.07, 6.45) is -5.93. The minimum absolute atomic E-state index is 0.0195. The second kappa shape index (κ2) is 10.9. The predicted molar refractivity (Wildman–Crippen MR) is 116 cm³/mol. The average Bonchev–Trinajstić information content (AvgIpc) is 2.76. The molecule has 2 rings (SSSR count). The molecule has 184 valence electrons. The number of hydrogen-bond acceptors (Lipinski definition) is 6. The molecule has 0 saturated heterocycles. The normalized spacial score (nSPS) is 12.6. The van der Waals surface area contributed by atoms with Crippen molar-refractivity contribution >= 4 is 40.2 Å². The third kappa shape index (κ3) is 6.74. The van der Waals surface area contributed by atoms with E-state index in [1.54, 1.807) is 24.3 Å². The van der Waals surface area contributed by atoms with Crippen LogP contribution in [0.1, 0.15) is 15.9 Å². The molecule has 0 spiro atoms. The molecule has 1 N–H and O–H groups in total. The lowest BCUT2D eigenvalue weighted by Crippen LogP contribution is -2.43. The zero-order chi connectivity index (χ0) is 25.7. The Balaban J connectivity index is 2.29. The van der Waals surface area contributed by atoms with Crippen LogP contribution in [0.4, 0.5) is 27.6 Å². The van der Waals surface area contributed by atoms with Gasteiger partial charge in [0, 0.05) is 27.7 Å². The maximum Gasteiger partial charge on any atom is 0.456 e. The Morgan fingerprint density at radius 1 is 1.15 bits per heavy atom. The summed E-state index contributed by atoms with van der Waals surface area (Å²) in [5.41, 5.74) is -0.619. The second-order valence-corrected chi connectivity index (χ2v) is 7.94. The zero-order valence-electron chi connectivity index (χ0n) is 17.2. The van der Waals surface area contributed by atoms with Gasteiger partial charge in [-0.15, -0.1) is 0 Å². The van der Waals surface area contributed by atoms with Crippen LogP contribution in [0.5, 0.6) is 5.75 Å². The fourth-order valence-corrected chi connectivity index (χ4v) is 3.24. The van der Waals surface area contributed by atoms with Crippen LogP contribution >= 0.6 is 22.6 Å². The SMILES string of the molecule is COC(=O)[C@H](Cc1ccccc1I)NC(=O)c1ccc([N+](=O)[O-])c(OCC(F)(F)C(F)(F)F)c1. The topological polar surface area (TPSA) is 108 Å². The van der Waals surface area contributed by atoms with E-state index in [2.05, 4.69) is 14.8 Å². The van der Waals surface area contributed by atoms with Crippen LogP contribution in [0.2, 0.25) is 0 Å². The number of esters is 1. The van der Waals surface area contributed by atoms with Gasteiger partial charge in [-0.1, -0.05) is 18.2 Å². The molecule has 0 heterocycles. The fraction of sp³-hybridized carbons (Fsp3) is 0.300. The van der Waals surface area contributed by atoms with Crippen molar-refractivity contribution in [2.24, 2.45) is 0 Å². The lowest BCUT2D eigenvalue weighted by atomic mass is 10.1. The number of benzene rings is 2. The van der Waals surface area contributed by atoms with E-state index in [-0.39, 0.29) is 12.0 Å². The molecule has 14 heteroatoms. The Morgan fingerprint density at radius 2 is 1.79 bits per heavy atom. The molecule has 0 radical (unpaired) electrons. The van der Waals surface area contributed by atoms with Gasteiger partial charge >= 0.3 is 23.8 Å². The molecule has 1 atom stereocenters. The van der Waals surface area contributed by atoms with Crippen LogP contribution in [0.3, 0.4) is 0 Å². The van der Waals surface area contributed by atoms with E-state index in [0.29, 0.717) is 17.7 Å². The van der Waals surface area contributed by atoms with E-state index < -0.39 is 53.0 Å². The van der Waals surface area contributed by atoms with Gasteiger partial charge in [0.15, 0.2) is 12.4 Å². The number of ether oxygens (including phenoxy) is 2. The van der Waals surface area contributed by atoms with Crippen molar-refractivity contribution in [3.05, 3.63) is 67.3 Å². The van der Waals surface area contributed by atoms with Gasteiger partial charge in [-0.25, -0.2) is 4.79 Å². The lowest BCUT2D eigenvalue weighted by molar-refractivity contribution is -0.386. The molecule has 0 aliphatic heterocycles. The highest BCUT2D eigenvalue weighted by molar-refractivity contribution is 14.1. The Bertz CT molecular complexity index is 1080. The Kier molecular flexibility index (Phi) is 8.74. The Morgan fingerprint density at radius 3 is 2.35 bits per heavy atom. The molecule has 0 unspecified atom stereocenters. The molecule has 0 bridgehead atoms. The molecule has 0 fully saturated rings. The summed E-state index contributed by atoms with van der Waals surface area (Å²) in [5, 5.41) is 13.5. The van der Waals surface area contributed by atoms with Crippen molar-refractivity contribution in [3.8, 4) is 5.75 Å². The number of alkyl halides is 5. The summed E-state index contributed by atoms with van der Waals surface area (Å²) in [6, 6.07) is 8.04. The van der Waals surface area contributed by atoms with Crippen molar-refractivity contribution in [3.63, 3.8) is 0 Å². The van der Waals surface area contributed by atoms with Crippen molar-refractivity contribution in [1.29, 1.82) is 0 Å². The first-order chi connectivity index (χ1) is 15.8. The summed E-state index contributed by atoms with van der Waals surface area (Å²) in [4.78, 5) is 34.9. The third-order valence-corrected chi connectivity index (χ3v) is 5.47. The van der Waals surface area contributed by atoms with Gasteiger partial charge in [0.25, 0.3) is 5.91 Å². The van der Waals surface area contributed by atoms with Gasteiger partial charge in [0.1, 0.15) is 6.04 Å². The number of carbonyl (C=O) groups is 2. The van der Waals surface area contributed by atoms with Gasteiger partial charge < -0.3 is 14.8 Å². The Labute approximate surface area is 202 Å². The molecular weight excluding hydrogens is 586 g/mol. The van der Waals surface area contributed by atoms with Crippen LogP contribution in [0.15, 0.2) is 42.5 Å². The third-order valence-electron chi connectivity index (χ3n) is 4.42. The summed E-state index contributed by atoms with van der Waals surface area (Å²) in [6.45, 7) is -2.24. The smallest absolute Gasteiger partial charge is 0.456 e. The average molecular weight is 602 g/mol. The van der Waals surface area contributed by atoms with E-state index in [4.69, 9.17) is 0 Å². The number of methoxy groups -OCH3 is 1. The van der Waals surface area contributed by atoms with E-state index in [1.807, 2.05) is 22.6 Å². The monoisotopic (exact) mass is 602 g/mol. The number of hydrogen-bond donors (Lipinski definition) is 1. The number of amides is 1. The van der Waals surface area contributed by atoms with E-state index in [9.17, 15) is 41.7 Å². The lowest BCUT2D eigenvalue weighted by Gasteiger charge is -2.20. The highest BCUT2D eigenvalue weighted by Gasteiger charge is 2.58. The summed E-state index contributed by atoms with van der Waals surface area (Å²) in [7, 11) is 1.09. The first kappa shape index (κ1) is 27.2. The van der Waals surface area contributed by atoms with E-state index >= 15 is 0 Å². The summed E-state index contributed by atoms with van der Waals surface area (Å²) >= 11 is 2.02. The number of nitro benzene ring substituents is 1. The molecule has 0 aromatic heterocycles. The predicted octanol–water partition coefficient (Wildman–Crippen LogP) is 4.29. The van der Waals surface area contributed by atoms with Crippen molar-refractivity contribution in [1.82, 2.24) is 5.32 Å². The van der Waals surface area contributed by atoms with Gasteiger partial charge in [-0.05, 0) is 40.3 Å². The van der Waals surface area contributed by atoms with E-state index in [0.717, 1.165) is 16.7 Å². The molecule has 34 heavy (non-hydrogen) atoms. The van der Waals surface area contributed by atoms with E-state index in [1.165, 1.54) is 0 Å². The van der Waals surface area contributed by atoms with Crippen LogP contribution < -0.4 is 10.1 Å². The number of nitro groups is 1. The molecule has 0 aliphatic rings. The number of rotatable bonds is 9. The minimum Gasteiger partial charge on any atom is -0.480 e. The molecular formula is C20H16F5IN2O6. The van der Waals surface area contributed by atoms with Gasteiger partial charge in [-0.3, -0.25) is 14.9 Å². The standard InChI is InChI=1S/C20H16F5IN2O6/c1-33-18(30)14(8-11-4-2-3-5-13(11)26)27-17(29)12-6-7-15(28(31)32)16(9-12)34-10-19(21,22)20(23,24)25/h2-7,9,14H,8,10H2,1H3,(H,27,29)/t14-/m0/s1. The van der Waals surface area contributed by atoms with Crippen LogP contribution in [0.25, 0.3) is 0 Å².